The maximum absolute atomic E-state index is 13.8. The molecule has 160 valence electrons. The number of nitrogens with zero attached hydrogens (tertiary/aromatic N) is 7. The van der Waals surface area contributed by atoms with Crippen LogP contribution in [-0.2, 0) is 4.74 Å². The first-order chi connectivity index (χ1) is 14.5. The maximum atomic E-state index is 13.8. The molecule has 0 saturated carbocycles. The Morgan fingerprint density at radius 2 is 1.80 bits per heavy atom. The van der Waals surface area contributed by atoms with Crippen LogP contribution in [0.5, 0.6) is 0 Å². The van der Waals surface area contributed by atoms with E-state index in [4.69, 9.17) is 4.74 Å². The van der Waals surface area contributed by atoms with Crippen LogP contribution < -0.4 is 10.2 Å². The summed E-state index contributed by atoms with van der Waals surface area (Å²) in [5.41, 5.74) is 0.981. The number of halogens is 2. The normalized spacial score (nSPS) is 14.8. The van der Waals surface area contributed by atoms with Crippen molar-refractivity contribution in [2.75, 3.05) is 63.7 Å². The first kappa shape index (κ1) is 20.4. The first-order valence-electron chi connectivity index (χ1n) is 9.76. The van der Waals surface area contributed by atoms with Crippen molar-refractivity contribution >= 4 is 22.9 Å². The number of hydrogen-bond donors (Lipinski definition) is 1. The van der Waals surface area contributed by atoms with Gasteiger partial charge in [0.05, 0.1) is 24.2 Å². The molecule has 3 heterocycles. The van der Waals surface area contributed by atoms with E-state index in [9.17, 15) is 8.78 Å². The Morgan fingerprint density at radius 1 is 1.07 bits per heavy atom. The van der Waals surface area contributed by atoms with Crippen molar-refractivity contribution in [2.45, 2.75) is 6.43 Å². The fraction of sp³-hybridized carbons (Fsp3) is 0.474. The first-order valence-corrected chi connectivity index (χ1v) is 9.76. The predicted molar refractivity (Wildman–Crippen MR) is 109 cm³/mol. The minimum atomic E-state index is -2.77. The van der Waals surface area contributed by atoms with Crippen molar-refractivity contribution in [2.24, 2.45) is 0 Å². The van der Waals surface area contributed by atoms with Crippen LogP contribution in [-0.4, -0.2) is 82.9 Å². The van der Waals surface area contributed by atoms with Crippen LogP contribution in [0.4, 0.5) is 20.7 Å². The molecule has 1 aliphatic rings. The van der Waals surface area contributed by atoms with E-state index >= 15 is 0 Å². The summed E-state index contributed by atoms with van der Waals surface area (Å²) in [4.78, 5) is 21.6. The summed E-state index contributed by atoms with van der Waals surface area (Å²) in [6.07, 6.45) is -2.77. The van der Waals surface area contributed by atoms with Gasteiger partial charge in [0.15, 0.2) is 5.82 Å². The van der Waals surface area contributed by atoms with Crippen LogP contribution in [0.15, 0.2) is 24.3 Å². The van der Waals surface area contributed by atoms with E-state index in [1.807, 2.05) is 23.9 Å². The molecule has 4 rings (SSSR count). The van der Waals surface area contributed by atoms with Crippen molar-refractivity contribution in [3.63, 3.8) is 0 Å². The summed E-state index contributed by atoms with van der Waals surface area (Å²) in [5, 5.41) is 3.17. The van der Waals surface area contributed by atoms with Crippen LogP contribution in [0.3, 0.4) is 0 Å². The molecule has 0 bridgehead atoms. The molecular formula is C19H24F2N8O. The van der Waals surface area contributed by atoms with E-state index < -0.39 is 12.2 Å². The lowest BCUT2D eigenvalue weighted by atomic mass is 10.3. The monoisotopic (exact) mass is 418 g/mol. The summed E-state index contributed by atoms with van der Waals surface area (Å²) in [7, 11) is 3.93. The molecule has 3 aromatic rings. The van der Waals surface area contributed by atoms with Crippen LogP contribution in [0, 0.1) is 0 Å². The van der Waals surface area contributed by atoms with Crippen LogP contribution in [0.2, 0.25) is 0 Å². The van der Waals surface area contributed by atoms with Gasteiger partial charge in [-0.15, -0.1) is 0 Å². The zero-order valence-corrected chi connectivity index (χ0v) is 16.9. The topological polar surface area (TPSA) is 84.2 Å². The van der Waals surface area contributed by atoms with Gasteiger partial charge in [0.25, 0.3) is 6.43 Å². The molecule has 1 saturated heterocycles. The molecule has 1 N–H and O–H groups in total. The Kier molecular flexibility index (Phi) is 6.00. The Labute approximate surface area is 172 Å². The van der Waals surface area contributed by atoms with Gasteiger partial charge >= 0.3 is 0 Å². The standard InChI is InChI=1S/C19H24F2N8O/c1-27(2)8-7-22-17-24-18(28-9-11-30-12-10-28)26-19(25-17)29-14-6-4-3-5-13(14)23-16(29)15(20)21/h3-6,15H,7-12H2,1-2H3,(H,22,24,25,26). The molecule has 11 heteroatoms. The van der Waals surface area contributed by atoms with E-state index in [0.717, 1.165) is 6.54 Å². The quantitative estimate of drug-likeness (QED) is 0.624. The highest BCUT2D eigenvalue weighted by Gasteiger charge is 2.24. The maximum Gasteiger partial charge on any atom is 0.296 e. The highest BCUT2D eigenvalue weighted by atomic mass is 19.3. The molecule has 1 fully saturated rings. The van der Waals surface area contributed by atoms with Crippen molar-refractivity contribution in [3.8, 4) is 5.95 Å². The third-order valence-electron chi connectivity index (χ3n) is 4.73. The zero-order chi connectivity index (χ0) is 21.1. The van der Waals surface area contributed by atoms with E-state index in [1.54, 1.807) is 24.3 Å². The number of aromatic nitrogens is 5. The zero-order valence-electron chi connectivity index (χ0n) is 16.9. The molecule has 9 nitrogen and oxygen atoms in total. The molecule has 30 heavy (non-hydrogen) atoms. The lowest BCUT2D eigenvalue weighted by molar-refractivity contribution is 0.122. The average molecular weight is 418 g/mol. The number of fused-ring (bicyclic) bond motifs is 1. The van der Waals surface area contributed by atoms with E-state index in [-0.39, 0.29) is 5.95 Å². The highest BCUT2D eigenvalue weighted by molar-refractivity contribution is 5.77. The average Bonchev–Trinajstić information content (AvgIpc) is 3.14. The summed E-state index contributed by atoms with van der Waals surface area (Å²) >= 11 is 0. The van der Waals surface area contributed by atoms with Gasteiger partial charge in [-0.3, -0.25) is 4.57 Å². The molecule has 1 aliphatic heterocycles. The molecule has 2 aromatic heterocycles. The molecule has 0 spiro atoms. The second-order valence-corrected chi connectivity index (χ2v) is 7.18. The number of ether oxygens (including phenoxy) is 1. The second kappa shape index (κ2) is 8.84. The van der Waals surface area contributed by atoms with Crippen molar-refractivity contribution in [1.82, 2.24) is 29.4 Å². The minimum absolute atomic E-state index is 0.114. The Hall–Kier alpha value is -2.92. The molecule has 0 radical (unpaired) electrons. The summed E-state index contributed by atoms with van der Waals surface area (Å²) in [6, 6.07) is 6.95. The Bertz CT molecular complexity index is 1000. The van der Waals surface area contributed by atoms with E-state index in [2.05, 4.69) is 25.3 Å². The second-order valence-electron chi connectivity index (χ2n) is 7.18. The van der Waals surface area contributed by atoms with Gasteiger partial charge in [-0.2, -0.15) is 15.0 Å². The van der Waals surface area contributed by atoms with Gasteiger partial charge in [-0.25, -0.2) is 13.8 Å². The van der Waals surface area contributed by atoms with Crippen molar-refractivity contribution < 1.29 is 13.5 Å². The smallest absolute Gasteiger partial charge is 0.296 e. The third-order valence-corrected chi connectivity index (χ3v) is 4.73. The fourth-order valence-corrected chi connectivity index (χ4v) is 3.23. The SMILES string of the molecule is CN(C)CCNc1nc(N2CCOCC2)nc(-n2c(C(F)F)nc3ccccc32)n1. The van der Waals surface area contributed by atoms with Crippen LogP contribution in [0.25, 0.3) is 17.0 Å². The molecular weight excluding hydrogens is 394 g/mol. The minimum Gasteiger partial charge on any atom is -0.378 e. The third kappa shape index (κ3) is 4.31. The highest BCUT2D eigenvalue weighted by Crippen LogP contribution is 2.27. The van der Waals surface area contributed by atoms with Gasteiger partial charge < -0.3 is 19.9 Å². The predicted octanol–water partition coefficient (Wildman–Crippen LogP) is 1.96. The summed E-state index contributed by atoms with van der Waals surface area (Å²) in [5.74, 6) is 0.479. The number of morpholine rings is 1. The van der Waals surface area contributed by atoms with Gasteiger partial charge in [0.2, 0.25) is 17.8 Å². The number of nitrogens with one attached hydrogen (secondary N) is 1. The molecule has 0 amide bonds. The summed E-state index contributed by atoms with van der Waals surface area (Å²) in [6.45, 7) is 3.72. The number of benzene rings is 1. The van der Waals surface area contributed by atoms with Crippen LogP contribution >= 0.6 is 0 Å². The lowest BCUT2D eigenvalue weighted by Gasteiger charge is -2.27. The molecule has 0 aliphatic carbocycles. The number of rotatable bonds is 7. The Balaban J connectivity index is 1.80. The summed E-state index contributed by atoms with van der Waals surface area (Å²) < 4.78 is 34.3. The van der Waals surface area contributed by atoms with E-state index in [1.165, 1.54) is 4.57 Å². The van der Waals surface area contributed by atoms with Gasteiger partial charge in [0.1, 0.15) is 0 Å². The number of para-hydroxylation sites is 2. The molecule has 0 atom stereocenters. The van der Waals surface area contributed by atoms with E-state index in [0.29, 0.717) is 55.8 Å². The molecule has 1 aromatic carbocycles. The number of hydrogen-bond acceptors (Lipinski definition) is 8. The largest absolute Gasteiger partial charge is 0.378 e. The number of anilines is 2. The fourth-order valence-electron chi connectivity index (χ4n) is 3.23. The van der Waals surface area contributed by atoms with Crippen molar-refractivity contribution in [1.29, 1.82) is 0 Å². The Morgan fingerprint density at radius 3 is 2.53 bits per heavy atom. The number of likely N-dealkylation sites (N-methyl/N-ethyl adjacent to an activating group) is 1. The van der Waals surface area contributed by atoms with Gasteiger partial charge in [-0.1, -0.05) is 12.1 Å². The van der Waals surface area contributed by atoms with Gasteiger partial charge in [-0.05, 0) is 26.2 Å². The number of imidazole rings is 1. The lowest BCUT2D eigenvalue weighted by Crippen LogP contribution is -2.37. The van der Waals surface area contributed by atoms with Crippen molar-refractivity contribution in [3.05, 3.63) is 30.1 Å². The van der Waals surface area contributed by atoms with Crippen LogP contribution in [0.1, 0.15) is 12.2 Å². The van der Waals surface area contributed by atoms with Gasteiger partial charge in [0, 0.05) is 26.2 Å². The molecule has 0 unspecified atom stereocenters. The number of alkyl halides is 2.